The van der Waals surface area contributed by atoms with Crippen molar-refractivity contribution in [3.63, 3.8) is 0 Å². The first-order valence-electron chi connectivity index (χ1n) is 8.13. The summed E-state index contributed by atoms with van der Waals surface area (Å²) in [6.45, 7) is 1.76. The summed E-state index contributed by atoms with van der Waals surface area (Å²) in [5.41, 5.74) is 1.71. The van der Waals surface area contributed by atoms with Crippen molar-refractivity contribution < 1.29 is 24.0 Å². The molecule has 0 unspecified atom stereocenters. The fourth-order valence-corrected chi connectivity index (χ4v) is 2.88. The van der Waals surface area contributed by atoms with E-state index in [2.05, 4.69) is 5.10 Å². The zero-order chi connectivity index (χ0) is 19.1. The number of hydrogen-bond donors (Lipinski definition) is 0. The van der Waals surface area contributed by atoms with E-state index in [-0.39, 0.29) is 29.0 Å². The summed E-state index contributed by atoms with van der Waals surface area (Å²) >= 11 is 0. The lowest BCUT2D eigenvalue weighted by Crippen LogP contribution is -2.32. The average Bonchev–Trinajstić information content (AvgIpc) is 3.13. The molecule has 0 aliphatic carbocycles. The van der Waals surface area contributed by atoms with Crippen molar-refractivity contribution in [1.29, 1.82) is 0 Å². The quantitative estimate of drug-likeness (QED) is 0.779. The van der Waals surface area contributed by atoms with Gasteiger partial charge in [0.05, 0.1) is 28.8 Å². The molecule has 0 atom stereocenters. The number of amides is 3. The normalized spacial score (nSPS) is 15.9. The highest BCUT2D eigenvalue weighted by molar-refractivity contribution is 6.21. The molecule has 27 heavy (non-hydrogen) atoms. The van der Waals surface area contributed by atoms with Crippen LogP contribution in [0.2, 0.25) is 0 Å². The minimum Gasteiger partial charge on any atom is -0.324 e. The van der Waals surface area contributed by atoms with Gasteiger partial charge in [0, 0.05) is 5.71 Å². The van der Waals surface area contributed by atoms with Crippen LogP contribution < -0.4 is 5.01 Å². The highest BCUT2D eigenvalue weighted by Gasteiger charge is 2.38. The number of nitrogens with zero attached hydrogens (tertiary/aromatic N) is 3. The van der Waals surface area contributed by atoms with Crippen LogP contribution >= 0.6 is 0 Å². The van der Waals surface area contributed by atoms with Crippen LogP contribution in [0.1, 0.15) is 44.4 Å². The van der Waals surface area contributed by atoms with E-state index in [9.17, 15) is 19.2 Å². The van der Waals surface area contributed by atoms with Gasteiger partial charge in [-0.05, 0) is 43.3 Å². The number of fused-ring (bicyclic) bond motifs is 1. The van der Waals surface area contributed by atoms with E-state index in [0.717, 1.165) is 0 Å². The monoisotopic (exact) mass is 363 g/mol. The SMILES string of the molecule is CC1=NN(c2ccc(C(=O)ON3C(=O)c4ccccc4C3=O)cc2)C(=O)C1. The first kappa shape index (κ1) is 16.6. The van der Waals surface area contributed by atoms with Crippen molar-refractivity contribution >= 4 is 35.1 Å². The first-order valence-corrected chi connectivity index (χ1v) is 8.13. The lowest BCUT2D eigenvalue weighted by molar-refractivity contribution is -0.116. The summed E-state index contributed by atoms with van der Waals surface area (Å²) in [6.07, 6.45) is 0.254. The Hall–Kier alpha value is -3.81. The topological polar surface area (TPSA) is 96.3 Å². The molecule has 0 bridgehead atoms. The Balaban J connectivity index is 1.51. The fraction of sp³-hybridized carbons (Fsp3) is 0.105. The van der Waals surface area contributed by atoms with Crippen molar-refractivity contribution in [2.45, 2.75) is 13.3 Å². The van der Waals surface area contributed by atoms with Crippen LogP contribution in [-0.2, 0) is 9.63 Å². The first-order chi connectivity index (χ1) is 13.0. The highest BCUT2D eigenvalue weighted by atomic mass is 16.7. The van der Waals surface area contributed by atoms with Crippen LogP contribution in [0.25, 0.3) is 0 Å². The number of anilines is 1. The Bertz CT molecular complexity index is 991. The largest absolute Gasteiger partial charge is 0.363 e. The fourth-order valence-electron chi connectivity index (χ4n) is 2.88. The maximum Gasteiger partial charge on any atom is 0.363 e. The smallest absolute Gasteiger partial charge is 0.324 e. The minimum absolute atomic E-state index is 0.127. The van der Waals surface area contributed by atoms with Crippen molar-refractivity contribution in [3.05, 3.63) is 65.2 Å². The standard InChI is InChI=1S/C19H13N3O5/c1-11-10-16(23)21(20-11)13-8-6-12(7-9-13)19(26)27-22-17(24)14-4-2-3-5-15(14)18(22)25/h2-9H,10H2,1H3. The second-order valence-electron chi connectivity index (χ2n) is 6.09. The molecule has 0 spiro atoms. The van der Waals surface area contributed by atoms with E-state index < -0.39 is 17.8 Å². The minimum atomic E-state index is -0.858. The third-order valence-corrected chi connectivity index (χ3v) is 4.19. The molecular weight excluding hydrogens is 350 g/mol. The molecule has 0 saturated carbocycles. The van der Waals surface area contributed by atoms with Gasteiger partial charge in [-0.3, -0.25) is 14.4 Å². The van der Waals surface area contributed by atoms with Gasteiger partial charge in [0.1, 0.15) is 0 Å². The number of hydrazone groups is 1. The molecule has 0 aromatic heterocycles. The van der Waals surface area contributed by atoms with Crippen LogP contribution in [-0.4, -0.2) is 34.5 Å². The van der Waals surface area contributed by atoms with Crippen molar-refractivity contribution in [2.75, 3.05) is 5.01 Å². The van der Waals surface area contributed by atoms with Gasteiger partial charge in [-0.25, -0.2) is 9.80 Å². The summed E-state index contributed by atoms with van der Waals surface area (Å²) in [5.74, 6) is -2.39. The molecule has 134 valence electrons. The summed E-state index contributed by atoms with van der Waals surface area (Å²) in [6, 6.07) is 12.2. The summed E-state index contributed by atoms with van der Waals surface area (Å²) in [7, 11) is 0. The summed E-state index contributed by atoms with van der Waals surface area (Å²) in [4.78, 5) is 53.6. The molecule has 2 aliphatic heterocycles. The van der Waals surface area contributed by atoms with E-state index in [1.807, 2.05) is 0 Å². The molecule has 0 saturated heterocycles. The maximum absolute atomic E-state index is 12.3. The Morgan fingerprint density at radius 3 is 2.07 bits per heavy atom. The predicted molar refractivity (Wildman–Crippen MR) is 94.0 cm³/mol. The number of hydroxylamine groups is 2. The second-order valence-corrected chi connectivity index (χ2v) is 6.09. The van der Waals surface area contributed by atoms with E-state index in [1.165, 1.54) is 29.3 Å². The van der Waals surface area contributed by atoms with E-state index in [4.69, 9.17) is 4.84 Å². The maximum atomic E-state index is 12.3. The molecule has 4 rings (SSSR count). The Kier molecular flexibility index (Phi) is 3.80. The second kappa shape index (κ2) is 6.17. The zero-order valence-electron chi connectivity index (χ0n) is 14.2. The van der Waals surface area contributed by atoms with Gasteiger partial charge in [-0.1, -0.05) is 17.2 Å². The molecule has 0 fully saturated rings. The molecule has 8 nitrogen and oxygen atoms in total. The molecule has 0 radical (unpaired) electrons. The van der Waals surface area contributed by atoms with E-state index in [1.54, 1.807) is 31.2 Å². The predicted octanol–water partition coefficient (Wildman–Crippen LogP) is 2.17. The lowest BCUT2D eigenvalue weighted by atomic mass is 10.1. The van der Waals surface area contributed by atoms with Crippen molar-refractivity contribution in [1.82, 2.24) is 5.06 Å². The number of imide groups is 1. The van der Waals surface area contributed by atoms with Gasteiger partial charge in [-0.15, -0.1) is 0 Å². The Labute approximate surface area is 153 Å². The molecule has 2 heterocycles. The molecule has 8 heteroatoms. The van der Waals surface area contributed by atoms with Gasteiger partial charge in [-0.2, -0.15) is 5.10 Å². The lowest BCUT2D eigenvalue weighted by Gasteiger charge is -2.14. The van der Waals surface area contributed by atoms with Crippen LogP contribution in [0.5, 0.6) is 0 Å². The number of rotatable bonds is 3. The third kappa shape index (κ3) is 2.77. The number of hydrogen-bond acceptors (Lipinski definition) is 6. The van der Waals surface area contributed by atoms with Crippen LogP contribution in [0.4, 0.5) is 5.69 Å². The summed E-state index contributed by atoms with van der Waals surface area (Å²) < 4.78 is 0. The van der Waals surface area contributed by atoms with Gasteiger partial charge in [0.15, 0.2) is 0 Å². The van der Waals surface area contributed by atoms with Crippen LogP contribution in [0.3, 0.4) is 0 Å². The van der Waals surface area contributed by atoms with Crippen molar-refractivity contribution in [2.24, 2.45) is 5.10 Å². The third-order valence-electron chi connectivity index (χ3n) is 4.19. The van der Waals surface area contributed by atoms with Crippen LogP contribution in [0, 0.1) is 0 Å². The van der Waals surface area contributed by atoms with Crippen molar-refractivity contribution in [3.8, 4) is 0 Å². The number of carbonyl (C=O) groups is 4. The number of carbonyl (C=O) groups excluding carboxylic acids is 4. The van der Waals surface area contributed by atoms with Crippen LogP contribution in [0.15, 0.2) is 53.6 Å². The molecule has 2 aromatic carbocycles. The Morgan fingerprint density at radius 2 is 1.56 bits per heavy atom. The highest BCUT2D eigenvalue weighted by Crippen LogP contribution is 2.24. The van der Waals surface area contributed by atoms with Gasteiger partial charge < -0.3 is 4.84 Å². The van der Waals surface area contributed by atoms with Gasteiger partial charge in [0.25, 0.3) is 17.7 Å². The number of benzene rings is 2. The molecular formula is C19H13N3O5. The Morgan fingerprint density at radius 1 is 0.963 bits per heavy atom. The average molecular weight is 363 g/mol. The van der Waals surface area contributed by atoms with E-state index >= 15 is 0 Å². The molecule has 3 amide bonds. The van der Waals surface area contributed by atoms with E-state index in [0.29, 0.717) is 16.5 Å². The molecule has 0 N–H and O–H groups in total. The van der Waals surface area contributed by atoms with Gasteiger partial charge >= 0.3 is 5.97 Å². The summed E-state index contributed by atoms with van der Waals surface area (Å²) in [5, 5.41) is 5.84. The molecule has 2 aromatic rings. The molecule has 2 aliphatic rings. The zero-order valence-corrected chi connectivity index (χ0v) is 14.2. The van der Waals surface area contributed by atoms with Gasteiger partial charge in [0.2, 0.25) is 0 Å².